The standard InChI is InChI=1S/C17H20F3NO4/c18-17(19,20)10-25-14-7-1-11(2-8-14)9-21-15(22)12-3-5-13(6-4-12)16(23)24/h1-2,7-8,12-13H,3-6,9-10H2,(H,21,22)(H,23,24). The quantitative estimate of drug-likeness (QED) is 0.818. The van der Waals surface area contributed by atoms with Gasteiger partial charge in [-0.2, -0.15) is 13.2 Å². The molecule has 0 aliphatic heterocycles. The van der Waals surface area contributed by atoms with E-state index in [9.17, 15) is 22.8 Å². The van der Waals surface area contributed by atoms with Crippen molar-refractivity contribution >= 4 is 11.9 Å². The van der Waals surface area contributed by atoms with Crippen molar-refractivity contribution in [2.24, 2.45) is 11.8 Å². The maximum Gasteiger partial charge on any atom is 0.422 e. The maximum absolute atomic E-state index is 12.1. The van der Waals surface area contributed by atoms with Gasteiger partial charge in [0.2, 0.25) is 5.91 Å². The number of aliphatic carboxylic acids is 1. The van der Waals surface area contributed by atoms with Gasteiger partial charge in [0.25, 0.3) is 0 Å². The second kappa shape index (κ2) is 8.22. The maximum atomic E-state index is 12.1. The van der Waals surface area contributed by atoms with Crippen LogP contribution in [0.1, 0.15) is 31.2 Å². The Balaban J connectivity index is 1.75. The zero-order chi connectivity index (χ0) is 18.4. The third kappa shape index (κ3) is 6.28. The van der Waals surface area contributed by atoms with Crippen molar-refractivity contribution in [2.75, 3.05) is 6.61 Å². The third-order valence-corrected chi connectivity index (χ3v) is 4.24. The molecule has 2 N–H and O–H groups in total. The number of carbonyl (C=O) groups is 2. The first kappa shape index (κ1) is 19.1. The fourth-order valence-corrected chi connectivity index (χ4v) is 2.80. The molecule has 1 aliphatic carbocycles. The molecule has 0 spiro atoms. The third-order valence-electron chi connectivity index (χ3n) is 4.24. The molecule has 0 heterocycles. The fraction of sp³-hybridized carbons (Fsp3) is 0.529. The van der Waals surface area contributed by atoms with Crippen LogP contribution in [0.25, 0.3) is 0 Å². The van der Waals surface area contributed by atoms with E-state index in [4.69, 9.17) is 5.11 Å². The minimum Gasteiger partial charge on any atom is -0.484 e. The zero-order valence-corrected chi connectivity index (χ0v) is 13.5. The Labute approximate surface area is 143 Å². The number of carboxylic acid groups (broad SMARTS) is 1. The lowest BCUT2D eigenvalue weighted by Gasteiger charge is -2.25. The number of carbonyl (C=O) groups excluding carboxylic acids is 1. The molecule has 1 saturated carbocycles. The van der Waals surface area contributed by atoms with E-state index < -0.39 is 18.8 Å². The van der Waals surface area contributed by atoms with Gasteiger partial charge in [0.05, 0.1) is 5.92 Å². The first-order chi connectivity index (χ1) is 11.7. The highest BCUT2D eigenvalue weighted by molar-refractivity contribution is 5.79. The number of carboxylic acids is 1. The second-order valence-corrected chi connectivity index (χ2v) is 6.15. The van der Waals surface area contributed by atoms with E-state index in [1.165, 1.54) is 12.1 Å². The number of halogens is 3. The molecule has 1 aromatic rings. The van der Waals surface area contributed by atoms with Gasteiger partial charge in [-0.1, -0.05) is 12.1 Å². The Kier molecular flexibility index (Phi) is 6.27. The molecule has 1 fully saturated rings. The van der Waals surface area contributed by atoms with Crippen LogP contribution in [0.4, 0.5) is 13.2 Å². The summed E-state index contributed by atoms with van der Waals surface area (Å²) in [6.45, 7) is -1.08. The molecule has 0 atom stereocenters. The van der Waals surface area contributed by atoms with Gasteiger partial charge in [-0.15, -0.1) is 0 Å². The highest BCUT2D eigenvalue weighted by Gasteiger charge is 2.30. The molecule has 25 heavy (non-hydrogen) atoms. The van der Waals surface area contributed by atoms with Crippen LogP contribution in [-0.2, 0) is 16.1 Å². The van der Waals surface area contributed by atoms with Gasteiger partial charge in [-0.25, -0.2) is 0 Å². The van der Waals surface area contributed by atoms with E-state index in [0.717, 1.165) is 5.56 Å². The fourth-order valence-electron chi connectivity index (χ4n) is 2.80. The van der Waals surface area contributed by atoms with Gasteiger partial charge in [0, 0.05) is 12.5 Å². The summed E-state index contributed by atoms with van der Waals surface area (Å²) < 4.78 is 40.8. The van der Waals surface area contributed by atoms with Crippen LogP contribution in [0, 0.1) is 11.8 Å². The van der Waals surface area contributed by atoms with E-state index in [1.54, 1.807) is 12.1 Å². The molecule has 138 valence electrons. The summed E-state index contributed by atoms with van der Waals surface area (Å²) in [5, 5.41) is 11.7. The van der Waals surface area contributed by atoms with Crippen molar-refractivity contribution in [3.8, 4) is 5.75 Å². The molecular formula is C17H20F3NO4. The molecule has 0 unspecified atom stereocenters. The van der Waals surface area contributed by atoms with Gasteiger partial charge in [-0.3, -0.25) is 9.59 Å². The summed E-state index contributed by atoms with van der Waals surface area (Å²) in [4.78, 5) is 23.0. The second-order valence-electron chi connectivity index (χ2n) is 6.15. The number of hydrogen-bond acceptors (Lipinski definition) is 3. The number of amides is 1. The van der Waals surface area contributed by atoms with Crippen LogP contribution in [0.15, 0.2) is 24.3 Å². The Morgan fingerprint density at radius 1 is 1.08 bits per heavy atom. The van der Waals surface area contributed by atoms with Crippen molar-refractivity contribution in [3.63, 3.8) is 0 Å². The summed E-state index contributed by atoms with van der Waals surface area (Å²) >= 11 is 0. The van der Waals surface area contributed by atoms with Crippen molar-refractivity contribution < 1.29 is 32.6 Å². The molecule has 1 amide bonds. The van der Waals surface area contributed by atoms with Crippen molar-refractivity contribution in [3.05, 3.63) is 29.8 Å². The molecule has 0 aromatic heterocycles. The number of rotatable bonds is 6. The van der Waals surface area contributed by atoms with Crippen LogP contribution in [-0.4, -0.2) is 29.8 Å². The van der Waals surface area contributed by atoms with Gasteiger partial charge in [0.15, 0.2) is 6.61 Å². The number of ether oxygens (including phenoxy) is 1. The number of benzene rings is 1. The molecule has 0 bridgehead atoms. The van der Waals surface area contributed by atoms with Crippen LogP contribution >= 0.6 is 0 Å². The number of nitrogens with one attached hydrogen (secondary N) is 1. The largest absolute Gasteiger partial charge is 0.484 e. The van der Waals surface area contributed by atoms with Crippen LogP contribution in [0.5, 0.6) is 5.75 Å². The molecular weight excluding hydrogens is 339 g/mol. The highest BCUT2D eigenvalue weighted by Crippen LogP contribution is 2.29. The Morgan fingerprint density at radius 3 is 2.16 bits per heavy atom. The predicted molar refractivity (Wildman–Crippen MR) is 82.9 cm³/mol. The van der Waals surface area contributed by atoms with Crippen LogP contribution in [0.3, 0.4) is 0 Å². The Morgan fingerprint density at radius 2 is 1.64 bits per heavy atom. The van der Waals surface area contributed by atoms with Crippen molar-refractivity contribution in [1.29, 1.82) is 0 Å². The summed E-state index contributed by atoms with van der Waals surface area (Å²) in [6, 6.07) is 6.03. The summed E-state index contributed by atoms with van der Waals surface area (Å²) in [6.07, 6.45) is -2.29. The minimum absolute atomic E-state index is 0.111. The van der Waals surface area contributed by atoms with Crippen molar-refractivity contribution in [2.45, 2.75) is 38.4 Å². The van der Waals surface area contributed by atoms with E-state index in [-0.39, 0.29) is 30.0 Å². The number of hydrogen-bond donors (Lipinski definition) is 2. The molecule has 0 radical (unpaired) electrons. The lowest BCUT2D eigenvalue weighted by atomic mass is 9.81. The zero-order valence-electron chi connectivity index (χ0n) is 13.5. The summed E-state index contributed by atoms with van der Waals surface area (Å²) in [5.74, 6) is -1.38. The molecule has 1 aromatic carbocycles. The Hall–Kier alpha value is -2.25. The topological polar surface area (TPSA) is 75.6 Å². The molecule has 0 saturated heterocycles. The monoisotopic (exact) mass is 359 g/mol. The molecule has 8 heteroatoms. The number of alkyl halides is 3. The van der Waals surface area contributed by atoms with Crippen LogP contribution in [0.2, 0.25) is 0 Å². The first-order valence-electron chi connectivity index (χ1n) is 8.03. The first-order valence-corrected chi connectivity index (χ1v) is 8.03. The average molecular weight is 359 g/mol. The molecule has 2 rings (SSSR count). The van der Waals surface area contributed by atoms with E-state index in [2.05, 4.69) is 10.1 Å². The average Bonchev–Trinajstić information content (AvgIpc) is 2.58. The predicted octanol–water partition coefficient (Wildman–Crippen LogP) is 3.13. The Bertz CT molecular complexity index is 593. The van der Waals surface area contributed by atoms with E-state index >= 15 is 0 Å². The lowest BCUT2D eigenvalue weighted by Crippen LogP contribution is -2.34. The molecule has 1 aliphatic rings. The van der Waals surface area contributed by atoms with Gasteiger partial charge >= 0.3 is 12.1 Å². The summed E-state index contributed by atoms with van der Waals surface area (Å²) in [7, 11) is 0. The van der Waals surface area contributed by atoms with E-state index in [1.807, 2.05) is 0 Å². The smallest absolute Gasteiger partial charge is 0.422 e. The van der Waals surface area contributed by atoms with E-state index in [0.29, 0.717) is 25.7 Å². The SMILES string of the molecule is O=C(O)C1CCC(C(=O)NCc2ccc(OCC(F)(F)F)cc2)CC1. The normalized spacial score (nSPS) is 20.8. The minimum atomic E-state index is -4.38. The van der Waals surface area contributed by atoms with Gasteiger partial charge in [0.1, 0.15) is 5.75 Å². The highest BCUT2D eigenvalue weighted by atomic mass is 19.4. The van der Waals surface area contributed by atoms with Crippen molar-refractivity contribution in [1.82, 2.24) is 5.32 Å². The van der Waals surface area contributed by atoms with Crippen LogP contribution < -0.4 is 10.1 Å². The van der Waals surface area contributed by atoms with Gasteiger partial charge in [-0.05, 0) is 43.4 Å². The lowest BCUT2D eigenvalue weighted by molar-refractivity contribution is -0.153. The molecule has 5 nitrogen and oxygen atoms in total. The van der Waals surface area contributed by atoms with Gasteiger partial charge < -0.3 is 15.2 Å². The summed E-state index contributed by atoms with van der Waals surface area (Å²) in [5.41, 5.74) is 0.743.